The average molecular weight is 251 g/mol. The van der Waals surface area contributed by atoms with Crippen molar-refractivity contribution in [2.24, 2.45) is 17.8 Å². The lowest BCUT2D eigenvalue weighted by molar-refractivity contribution is -0.141. The zero-order valence-corrected chi connectivity index (χ0v) is 11.3. The Morgan fingerprint density at radius 1 is 1.28 bits per heavy atom. The van der Waals surface area contributed by atoms with Gasteiger partial charge in [-0.15, -0.1) is 0 Å². The number of rotatable bonds is 3. The van der Waals surface area contributed by atoms with Gasteiger partial charge in [0.15, 0.2) is 0 Å². The van der Waals surface area contributed by atoms with Crippen LogP contribution in [0.3, 0.4) is 0 Å². The van der Waals surface area contributed by atoms with E-state index in [1.165, 1.54) is 4.90 Å². The van der Waals surface area contributed by atoms with Crippen LogP contribution >= 0.6 is 0 Å². The van der Waals surface area contributed by atoms with Crippen LogP contribution in [0.4, 0.5) is 0 Å². The molecule has 1 saturated carbocycles. The van der Waals surface area contributed by atoms with Crippen molar-refractivity contribution in [1.82, 2.24) is 4.90 Å². The summed E-state index contributed by atoms with van der Waals surface area (Å²) in [4.78, 5) is 25.9. The molecule has 3 rings (SSSR count). The minimum absolute atomic E-state index is 0.0159. The van der Waals surface area contributed by atoms with Crippen LogP contribution in [0, 0.1) is 17.8 Å². The van der Waals surface area contributed by atoms with Gasteiger partial charge in [0.05, 0.1) is 23.5 Å². The number of carbonyl (C=O) groups is 2. The van der Waals surface area contributed by atoms with E-state index in [2.05, 4.69) is 20.8 Å². The molecule has 4 unspecified atom stereocenters. The number of hydrogen-bond acceptors (Lipinski definition) is 3. The van der Waals surface area contributed by atoms with Crippen LogP contribution in [0.15, 0.2) is 0 Å². The number of carbonyl (C=O) groups excluding carboxylic acids is 2. The van der Waals surface area contributed by atoms with E-state index in [1.807, 2.05) is 0 Å². The molecule has 0 aromatic carbocycles. The number of fused-ring (bicyclic) bond motifs is 1. The lowest BCUT2D eigenvalue weighted by atomic mass is 9.98. The van der Waals surface area contributed by atoms with E-state index in [9.17, 15) is 9.59 Å². The zero-order chi connectivity index (χ0) is 13.1. The Morgan fingerprint density at radius 3 is 2.22 bits per heavy atom. The molecule has 18 heavy (non-hydrogen) atoms. The molecule has 0 bridgehead atoms. The lowest BCUT2D eigenvalue weighted by Gasteiger charge is -2.20. The number of amides is 2. The standard InChI is InChI=1S/C14H21NO3/c1-8(11-14(2,3)18-11)7-15-12(16)9-5-4-6-10(9)13(15)17/h8-11H,4-7H2,1-3H3. The van der Waals surface area contributed by atoms with E-state index in [0.29, 0.717) is 6.54 Å². The first kappa shape index (κ1) is 12.2. The molecule has 100 valence electrons. The molecule has 2 aliphatic heterocycles. The molecular weight excluding hydrogens is 230 g/mol. The minimum atomic E-state index is -0.0822. The molecule has 0 radical (unpaired) electrons. The highest BCUT2D eigenvalue weighted by atomic mass is 16.6. The van der Waals surface area contributed by atoms with E-state index in [1.54, 1.807) is 0 Å². The first-order valence-electron chi connectivity index (χ1n) is 6.95. The highest BCUT2D eigenvalue weighted by molar-refractivity contribution is 6.05. The maximum Gasteiger partial charge on any atom is 0.233 e. The zero-order valence-electron chi connectivity index (χ0n) is 11.3. The van der Waals surface area contributed by atoms with Crippen LogP contribution in [-0.2, 0) is 14.3 Å². The summed E-state index contributed by atoms with van der Waals surface area (Å²) in [6.45, 7) is 6.69. The molecule has 4 nitrogen and oxygen atoms in total. The van der Waals surface area contributed by atoms with Crippen LogP contribution in [0.5, 0.6) is 0 Å². The predicted octanol–water partition coefficient (Wildman–Crippen LogP) is 1.58. The van der Waals surface area contributed by atoms with Gasteiger partial charge in [-0.05, 0) is 26.7 Å². The largest absolute Gasteiger partial charge is 0.366 e. The molecule has 0 aromatic rings. The minimum Gasteiger partial charge on any atom is -0.366 e. The molecule has 4 heteroatoms. The topological polar surface area (TPSA) is 49.9 Å². The van der Waals surface area contributed by atoms with Crippen molar-refractivity contribution in [2.45, 2.75) is 51.7 Å². The fraction of sp³-hybridized carbons (Fsp3) is 0.857. The maximum absolute atomic E-state index is 12.2. The van der Waals surface area contributed by atoms with Gasteiger partial charge in [0.2, 0.25) is 11.8 Å². The molecule has 0 N–H and O–H groups in total. The Hall–Kier alpha value is -0.900. The molecule has 2 amide bonds. The summed E-state index contributed by atoms with van der Waals surface area (Å²) in [7, 11) is 0. The number of likely N-dealkylation sites (tertiary alicyclic amines) is 1. The van der Waals surface area contributed by atoms with Crippen molar-refractivity contribution in [2.75, 3.05) is 6.54 Å². The predicted molar refractivity (Wildman–Crippen MR) is 65.7 cm³/mol. The number of ether oxygens (including phenoxy) is 1. The third-order valence-corrected chi connectivity index (χ3v) is 4.73. The van der Waals surface area contributed by atoms with Crippen LogP contribution < -0.4 is 0 Å². The quantitative estimate of drug-likeness (QED) is 0.565. The molecule has 3 fully saturated rings. The number of hydrogen-bond donors (Lipinski definition) is 0. The summed E-state index contributed by atoms with van der Waals surface area (Å²) in [6.07, 6.45) is 2.99. The second-order valence-electron chi connectivity index (χ2n) is 6.55. The Balaban J connectivity index is 1.67. The normalized spacial score (nSPS) is 39.1. The van der Waals surface area contributed by atoms with Gasteiger partial charge in [-0.1, -0.05) is 13.3 Å². The van der Waals surface area contributed by atoms with Crippen LogP contribution in [0.2, 0.25) is 0 Å². The van der Waals surface area contributed by atoms with Crippen molar-refractivity contribution in [3.63, 3.8) is 0 Å². The number of epoxide rings is 1. The van der Waals surface area contributed by atoms with Crippen molar-refractivity contribution < 1.29 is 14.3 Å². The first-order valence-corrected chi connectivity index (χ1v) is 6.95. The Kier molecular flexibility index (Phi) is 2.56. The SMILES string of the molecule is CC(CN1C(=O)C2CCCC2C1=O)C1OC1(C)C. The maximum atomic E-state index is 12.2. The molecule has 0 aromatic heterocycles. The molecule has 2 saturated heterocycles. The van der Waals surface area contributed by atoms with Gasteiger partial charge in [-0.3, -0.25) is 14.5 Å². The highest BCUT2D eigenvalue weighted by Crippen LogP contribution is 2.43. The second kappa shape index (κ2) is 3.80. The summed E-state index contributed by atoms with van der Waals surface area (Å²) in [5.74, 6) is 0.322. The van der Waals surface area contributed by atoms with Gasteiger partial charge in [0.25, 0.3) is 0 Å². The third-order valence-electron chi connectivity index (χ3n) is 4.73. The molecule has 1 aliphatic carbocycles. The van der Waals surface area contributed by atoms with Gasteiger partial charge < -0.3 is 4.74 Å². The van der Waals surface area contributed by atoms with Crippen molar-refractivity contribution >= 4 is 11.8 Å². The average Bonchev–Trinajstić information content (AvgIpc) is 2.71. The van der Waals surface area contributed by atoms with E-state index in [-0.39, 0.29) is 41.3 Å². The van der Waals surface area contributed by atoms with E-state index < -0.39 is 0 Å². The number of nitrogens with zero attached hydrogens (tertiary/aromatic N) is 1. The fourth-order valence-corrected chi connectivity index (χ4v) is 3.72. The fourth-order valence-electron chi connectivity index (χ4n) is 3.72. The molecule has 3 aliphatic rings. The van der Waals surface area contributed by atoms with Gasteiger partial charge >= 0.3 is 0 Å². The third kappa shape index (κ3) is 1.69. The van der Waals surface area contributed by atoms with Crippen LogP contribution in [0.25, 0.3) is 0 Å². The Bertz CT molecular complexity index is 382. The summed E-state index contributed by atoms with van der Waals surface area (Å²) < 4.78 is 5.59. The molecular formula is C14H21NO3. The first-order chi connectivity index (χ1) is 8.42. The van der Waals surface area contributed by atoms with E-state index in [0.717, 1.165) is 19.3 Å². The van der Waals surface area contributed by atoms with E-state index in [4.69, 9.17) is 4.74 Å². The van der Waals surface area contributed by atoms with Gasteiger partial charge in [-0.2, -0.15) is 0 Å². The summed E-state index contributed by atoms with van der Waals surface area (Å²) in [6, 6.07) is 0. The summed E-state index contributed by atoms with van der Waals surface area (Å²) in [5.41, 5.74) is -0.0822. The smallest absolute Gasteiger partial charge is 0.233 e. The molecule has 4 atom stereocenters. The summed E-state index contributed by atoms with van der Waals surface area (Å²) >= 11 is 0. The van der Waals surface area contributed by atoms with Crippen LogP contribution in [-0.4, -0.2) is 35.0 Å². The highest BCUT2D eigenvalue weighted by Gasteiger charge is 2.54. The molecule has 0 spiro atoms. The van der Waals surface area contributed by atoms with Gasteiger partial charge in [0, 0.05) is 12.5 Å². The van der Waals surface area contributed by atoms with E-state index >= 15 is 0 Å². The Morgan fingerprint density at radius 2 is 1.78 bits per heavy atom. The Labute approximate surface area is 108 Å². The monoisotopic (exact) mass is 251 g/mol. The lowest BCUT2D eigenvalue weighted by Crippen LogP contribution is -2.37. The van der Waals surface area contributed by atoms with Crippen molar-refractivity contribution in [3.05, 3.63) is 0 Å². The summed E-state index contributed by atoms with van der Waals surface area (Å²) in [5, 5.41) is 0. The second-order valence-corrected chi connectivity index (χ2v) is 6.55. The van der Waals surface area contributed by atoms with Crippen molar-refractivity contribution in [3.8, 4) is 0 Å². The van der Waals surface area contributed by atoms with Gasteiger partial charge in [0.1, 0.15) is 0 Å². The van der Waals surface area contributed by atoms with Crippen molar-refractivity contribution in [1.29, 1.82) is 0 Å². The van der Waals surface area contributed by atoms with Gasteiger partial charge in [-0.25, -0.2) is 0 Å². The van der Waals surface area contributed by atoms with Crippen LogP contribution in [0.1, 0.15) is 40.0 Å². The number of imide groups is 1. The molecule has 2 heterocycles.